The predicted molar refractivity (Wildman–Crippen MR) is 51.7 cm³/mol. The molecule has 0 saturated carbocycles. The van der Waals surface area contributed by atoms with Gasteiger partial charge in [-0.3, -0.25) is 4.99 Å². The SMILES string of the molecule is C1=Nc2c(ccn3ccnc23)CC1. The molecule has 0 aliphatic carbocycles. The van der Waals surface area contributed by atoms with Gasteiger partial charge in [0.1, 0.15) is 5.69 Å². The van der Waals surface area contributed by atoms with Gasteiger partial charge >= 0.3 is 0 Å². The minimum Gasteiger partial charge on any atom is -0.305 e. The van der Waals surface area contributed by atoms with Gasteiger partial charge in [-0.2, -0.15) is 0 Å². The lowest BCUT2D eigenvalue weighted by atomic mass is 10.1. The average molecular weight is 171 g/mol. The van der Waals surface area contributed by atoms with E-state index in [9.17, 15) is 0 Å². The molecule has 0 fully saturated rings. The van der Waals surface area contributed by atoms with Crippen LogP contribution in [0.25, 0.3) is 5.65 Å². The van der Waals surface area contributed by atoms with Gasteiger partial charge in [-0.15, -0.1) is 0 Å². The zero-order valence-electron chi connectivity index (χ0n) is 7.14. The molecule has 1 aliphatic heterocycles. The molecule has 64 valence electrons. The molecule has 0 atom stereocenters. The number of hydrogen-bond donors (Lipinski definition) is 0. The number of aliphatic imine (C=N–C) groups is 1. The Bertz CT molecular complexity index is 482. The first-order valence-electron chi connectivity index (χ1n) is 4.42. The maximum Gasteiger partial charge on any atom is 0.163 e. The molecule has 3 nitrogen and oxygen atoms in total. The van der Waals surface area contributed by atoms with Gasteiger partial charge in [-0.05, 0) is 24.5 Å². The number of aromatic nitrogens is 2. The third-order valence-corrected chi connectivity index (χ3v) is 2.38. The third-order valence-electron chi connectivity index (χ3n) is 2.38. The van der Waals surface area contributed by atoms with Crippen LogP contribution >= 0.6 is 0 Å². The highest BCUT2D eigenvalue weighted by Crippen LogP contribution is 2.27. The Labute approximate surface area is 75.8 Å². The molecule has 3 rings (SSSR count). The molecule has 0 amide bonds. The maximum atomic E-state index is 4.39. The second-order valence-corrected chi connectivity index (χ2v) is 3.20. The summed E-state index contributed by atoms with van der Waals surface area (Å²) in [5, 5.41) is 0. The summed E-state index contributed by atoms with van der Waals surface area (Å²) in [5.41, 5.74) is 3.31. The number of pyridine rings is 1. The van der Waals surface area contributed by atoms with E-state index in [0.29, 0.717) is 0 Å². The molecule has 2 aromatic heterocycles. The molecule has 0 N–H and O–H groups in total. The highest BCUT2D eigenvalue weighted by molar-refractivity contribution is 5.77. The molecule has 0 aromatic carbocycles. The van der Waals surface area contributed by atoms with Crippen molar-refractivity contribution in [1.29, 1.82) is 0 Å². The van der Waals surface area contributed by atoms with Crippen molar-refractivity contribution in [2.45, 2.75) is 12.8 Å². The number of imidazole rings is 1. The number of rotatable bonds is 0. The monoisotopic (exact) mass is 171 g/mol. The maximum absolute atomic E-state index is 4.39. The Morgan fingerprint density at radius 1 is 1.31 bits per heavy atom. The quantitative estimate of drug-likeness (QED) is 0.596. The van der Waals surface area contributed by atoms with Crippen molar-refractivity contribution in [3.05, 3.63) is 30.2 Å². The van der Waals surface area contributed by atoms with Gasteiger partial charge in [-0.1, -0.05) is 0 Å². The normalized spacial score (nSPS) is 14.8. The summed E-state index contributed by atoms with van der Waals surface area (Å²) >= 11 is 0. The van der Waals surface area contributed by atoms with Crippen LogP contribution in [-0.2, 0) is 6.42 Å². The van der Waals surface area contributed by atoms with Crippen LogP contribution < -0.4 is 0 Å². The van der Waals surface area contributed by atoms with E-state index in [1.165, 1.54) is 5.56 Å². The zero-order chi connectivity index (χ0) is 8.67. The summed E-state index contributed by atoms with van der Waals surface area (Å²) in [6.07, 6.45) is 9.89. The molecule has 0 bridgehead atoms. The molecular weight excluding hydrogens is 162 g/mol. The van der Waals surface area contributed by atoms with Gasteiger partial charge in [0.05, 0.1) is 0 Å². The van der Waals surface area contributed by atoms with Gasteiger partial charge in [0.25, 0.3) is 0 Å². The fourth-order valence-corrected chi connectivity index (χ4v) is 1.73. The summed E-state index contributed by atoms with van der Waals surface area (Å²) in [5.74, 6) is 0. The molecule has 3 heterocycles. The van der Waals surface area contributed by atoms with E-state index in [4.69, 9.17) is 0 Å². The van der Waals surface area contributed by atoms with Crippen LogP contribution in [0.3, 0.4) is 0 Å². The molecular formula is C10H9N3. The Hall–Kier alpha value is -1.64. The Kier molecular flexibility index (Phi) is 1.27. The number of fused-ring (bicyclic) bond motifs is 3. The summed E-state index contributed by atoms with van der Waals surface area (Å²) in [6.45, 7) is 0. The van der Waals surface area contributed by atoms with Crippen LogP contribution in [-0.4, -0.2) is 15.6 Å². The molecule has 0 radical (unpaired) electrons. The van der Waals surface area contributed by atoms with Gasteiger partial charge in [-0.25, -0.2) is 4.98 Å². The molecule has 3 heteroatoms. The van der Waals surface area contributed by atoms with Gasteiger partial charge in [0.15, 0.2) is 5.65 Å². The van der Waals surface area contributed by atoms with Crippen molar-refractivity contribution in [2.75, 3.05) is 0 Å². The molecule has 13 heavy (non-hydrogen) atoms. The van der Waals surface area contributed by atoms with Crippen LogP contribution in [0.5, 0.6) is 0 Å². The summed E-state index contributed by atoms with van der Waals surface area (Å²) in [4.78, 5) is 8.67. The number of aryl methyl sites for hydroxylation is 1. The highest BCUT2D eigenvalue weighted by Gasteiger charge is 2.09. The van der Waals surface area contributed by atoms with Crippen LogP contribution in [0.1, 0.15) is 12.0 Å². The Morgan fingerprint density at radius 3 is 3.31 bits per heavy atom. The van der Waals surface area contributed by atoms with E-state index in [0.717, 1.165) is 24.2 Å². The van der Waals surface area contributed by atoms with E-state index in [1.54, 1.807) is 6.20 Å². The van der Waals surface area contributed by atoms with Crippen LogP contribution in [0.2, 0.25) is 0 Å². The first-order chi connectivity index (χ1) is 6.45. The lowest BCUT2D eigenvalue weighted by molar-refractivity contribution is 1.01. The van der Waals surface area contributed by atoms with E-state index in [1.807, 2.05) is 23.0 Å². The predicted octanol–water partition coefficient (Wildman–Crippen LogP) is 1.98. The van der Waals surface area contributed by atoms with Crippen molar-refractivity contribution in [2.24, 2.45) is 4.99 Å². The minimum atomic E-state index is 0.966. The largest absolute Gasteiger partial charge is 0.305 e. The Balaban J connectivity index is 2.43. The highest BCUT2D eigenvalue weighted by atomic mass is 15.0. The standard InChI is InChI=1S/C10H9N3/c1-2-8-3-6-13-7-5-12-10(13)9(8)11-4-1/h3-7H,1-2H2. The van der Waals surface area contributed by atoms with Crippen molar-refractivity contribution in [1.82, 2.24) is 9.38 Å². The molecule has 0 saturated heterocycles. The van der Waals surface area contributed by atoms with E-state index < -0.39 is 0 Å². The third kappa shape index (κ3) is 0.900. The fraction of sp³-hybridized carbons (Fsp3) is 0.200. The van der Waals surface area contributed by atoms with E-state index in [2.05, 4.69) is 16.0 Å². The lowest BCUT2D eigenvalue weighted by Gasteiger charge is -2.09. The van der Waals surface area contributed by atoms with Crippen LogP contribution in [0, 0.1) is 0 Å². The van der Waals surface area contributed by atoms with Crippen LogP contribution in [0.4, 0.5) is 5.69 Å². The number of nitrogens with zero attached hydrogens (tertiary/aromatic N) is 3. The second kappa shape index (κ2) is 2.42. The molecule has 0 spiro atoms. The van der Waals surface area contributed by atoms with Gasteiger partial charge < -0.3 is 4.40 Å². The van der Waals surface area contributed by atoms with Crippen molar-refractivity contribution < 1.29 is 0 Å². The zero-order valence-corrected chi connectivity index (χ0v) is 7.14. The van der Waals surface area contributed by atoms with Gasteiger partial charge in [0, 0.05) is 24.8 Å². The molecule has 2 aromatic rings. The van der Waals surface area contributed by atoms with Crippen molar-refractivity contribution in [3.63, 3.8) is 0 Å². The first kappa shape index (κ1) is 6.83. The smallest absolute Gasteiger partial charge is 0.163 e. The van der Waals surface area contributed by atoms with E-state index in [-0.39, 0.29) is 0 Å². The van der Waals surface area contributed by atoms with E-state index >= 15 is 0 Å². The molecule has 1 aliphatic rings. The van der Waals surface area contributed by atoms with Crippen LogP contribution in [0.15, 0.2) is 29.6 Å². The topological polar surface area (TPSA) is 29.7 Å². The second-order valence-electron chi connectivity index (χ2n) is 3.20. The summed E-state index contributed by atoms with van der Waals surface area (Å²) in [7, 11) is 0. The Morgan fingerprint density at radius 2 is 2.31 bits per heavy atom. The first-order valence-corrected chi connectivity index (χ1v) is 4.42. The minimum absolute atomic E-state index is 0.966. The van der Waals surface area contributed by atoms with Gasteiger partial charge in [0.2, 0.25) is 0 Å². The molecule has 0 unspecified atom stereocenters. The average Bonchev–Trinajstić information content (AvgIpc) is 2.65. The summed E-state index contributed by atoms with van der Waals surface area (Å²) < 4.78 is 2.00. The van der Waals surface area contributed by atoms with Crippen molar-refractivity contribution in [3.8, 4) is 0 Å². The number of hydrogen-bond acceptors (Lipinski definition) is 2. The lowest BCUT2D eigenvalue weighted by Crippen LogP contribution is -1.96. The summed E-state index contributed by atoms with van der Waals surface area (Å²) in [6, 6.07) is 2.13. The van der Waals surface area contributed by atoms with Crippen molar-refractivity contribution >= 4 is 17.5 Å². The fourth-order valence-electron chi connectivity index (χ4n) is 1.73.